The number of hydrogen-bond donors (Lipinski definition) is 2. The van der Waals surface area contributed by atoms with Gasteiger partial charge in [-0.25, -0.2) is 0 Å². The van der Waals surface area contributed by atoms with Crippen molar-refractivity contribution in [3.63, 3.8) is 0 Å². The van der Waals surface area contributed by atoms with E-state index in [4.69, 9.17) is 7.85 Å². The van der Waals surface area contributed by atoms with Gasteiger partial charge in [0.2, 0.25) is 0 Å². The summed E-state index contributed by atoms with van der Waals surface area (Å²) in [4.78, 5) is 0. The summed E-state index contributed by atoms with van der Waals surface area (Å²) in [6.45, 7) is 2.21. The largest absolute Gasteiger partial charge is 0.381 e. The normalized spacial score (nSPS) is 21.9. The third-order valence-electron chi connectivity index (χ3n) is 2.58. The van der Waals surface area contributed by atoms with E-state index in [1.54, 1.807) is 0 Å². The molecule has 3 heteroatoms. The van der Waals surface area contributed by atoms with Crippen LogP contribution in [0.5, 0.6) is 0 Å². The molecular weight excluding hydrogens is 171 g/mol. The van der Waals surface area contributed by atoms with Gasteiger partial charge in [0.25, 0.3) is 0 Å². The zero-order valence-corrected chi connectivity index (χ0v) is 8.29. The first-order chi connectivity index (χ1) is 6.84. The highest BCUT2D eigenvalue weighted by atomic mass is 15.0. The Hall–Kier alpha value is -0.955. The highest BCUT2D eigenvalue weighted by molar-refractivity contribution is 6.32. The molecule has 2 N–H and O–H groups in total. The van der Waals surface area contributed by atoms with Gasteiger partial charge in [-0.1, -0.05) is 17.6 Å². The van der Waals surface area contributed by atoms with Crippen molar-refractivity contribution in [2.45, 2.75) is 18.9 Å². The molecule has 14 heavy (non-hydrogen) atoms. The molecule has 0 saturated carbocycles. The SMILES string of the molecule is [B]c1ccc(NC2CCCNC2)cc1. The molecule has 0 spiro atoms. The Bertz CT molecular complexity index is 278. The minimum Gasteiger partial charge on any atom is -0.381 e. The topological polar surface area (TPSA) is 24.1 Å². The maximum Gasteiger partial charge on any atom is 0.113 e. The maximum atomic E-state index is 5.62. The molecule has 0 bridgehead atoms. The lowest BCUT2D eigenvalue weighted by atomic mass is 9.96. The van der Waals surface area contributed by atoms with Gasteiger partial charge in [-0.15, -0.1) is 0 Å². The van der Waals surface area contributed by atoms with Crippen LogP contribution in [0.1, 0.15) is 12.8 Å². The van der Waals surface area contributed by atoms with E-state index in [0.717, 1.165) is 24.2 Å². The molecular formula is C11H15BN2. The van der Waals surface area contributed by atoms with Crippen molar-refractivity contribution in [3.05, 3.63) is 24.3 Å². The molecule has 1 aliphatic heterocycles. The summed E-state index contributed by atoms with van der Waals surface area (Å²) in [5.74, 6) is 0. The van der Waals surface area contributed by atoms with Crippen molar-refractivity contribution in [1.29, 1.82) is 0 Å². The van der Waals surface area contributed by atoms with Gasteiger partial charge in [0.1, 0.15) is 7.85 Å². The van der Waals surface area contributed by atoms with E-state index >= 15 is 0 Å². The van der Waals surface area contributed by atoms with Crippen LogP contribution in [-0.2, 0) is 0 Å². The fraction of sp³-hybridized carbons (Fsp3) is 0.455. The van der Waals surface area contributed by atoms with Crippen molar-refractivity contribution in [3.8, 4) is 0 Å². The van der Waals surface area contributed by atoms with Gasteiger partial charge in [0, 0.05) is 18.3 Å². The second-order valence-electron chi connectivity index (χ2n) is 3.81. The van der Waals surface area contributed by atoms with E-state index in [2.05, 4.69) is 10.6 Å². The van der Waals surface area contributed by atoms with Crippen LogP contribution < -0.4 is 16.1 Å². The van der Waals surface area contributed by atoms with Crippen LogP contribution in [0.15, 0.2) is 24.3 Å². The predicted octanol–water partition coefficient (Wildman–Crippen LogP) is 0.644. The average Bonchev–Trinajstić information content (AvgIpc) is 2.23. The molecule has 0 aromatic heterocycles. The number of anilines is 1. The fourth-order valence-corrected chi connectivity index (χ4v) is 1.79. The fourth-order valence-electron chi connectivity index (χ4n) is 1.79. The van der Waals surface area contributed by atoms with Gasteiger partial charge >= 0.3 is 0 Å². The first-order valence-corrected chi connectivity index (χ1v) is 5.17. The molecule has 1 aromatic rings. The first-order valence-electron chi connectivity index (χ1n) is 5.17. The highest BCUT2D eigenvalue weighted by Gasteiger charge is 2.11. The number of rotatable bonds is 2. The van der Waals surface area contributed by atoms with E-state index in [9.17, 15) is 0 Å². The van der Waals surface area contributed by atoms with E-state index in [1.165, 1.54) is 12.8 Å². The molecule has 1 saturated heterocycles. The second kappa shape index (κ2) is 4.51. The standard InChI is InChI=1S/C11H15BN2/c12-9-3-5-10(6-4-9)14-11-2-1-7-13-8-11/h3-6,11,13-14H,1-2,7-8H2. The lowest BCUT2D eigenvalue weighted by Gasteiger charge is -2.24. The van der Waals surface area contributed by atoms with Gasteiger partial charge in [0.05, 0.1) is 0 Å². The van der Waals surface area contributed by atoms with Crippen molar-refractivity contribution in [2.75, 3.05) is 18.4 Å². The number of hydrogen-bond acceptors (Lipinski definition) is 2. The summed E-state index contributed by atoms with van der Waals surface area (Å²) in [6.07, 6.45) is 2.50. The van der Waals surface area contributed by atoms with E-state index < -0.39 is 0 Å². The number of benzene rings is 1. The van der Waals surface area contributed by atoms with E-state index in [1.807, 2.05) is 24.3 Å². The van der Waals surface area contributed by atoms with Crippen LogP contribution in [0.2, 0.25) is 0 Å². The van der Waals surface area contributed by atoms with Crippen molar-refractivity contribution in [1.82, 2.24) is 5.32 Å². The summed E-state index contributed by atoms with van der Waals surface area (Å²) in [5.41, 5.74) is 1.98. The van der Waals surface area contributed by atoms with Crippen molar-refractivity contribution in [2.24, 2.45) is 0 Å². The summed E-state index contributed by atoms with van der Waals surface area (Å²) >= 11 is 0. The van der Waals surface area contributed by atoms with E-state index in [0.29, 0.717) is 6.04 Å². The molecule has 2 radical (unpaired) electrons. The van der Waals surface area contributed by atoms with Crippen molar-refractivity contribution >= 4 is 19.0 Å². The molecule has 2 rings (SSSR count). The Labute approximate surface area is 86.5 Å². The van der Waals surface area contributed by atoms with Gasteiger partial charge in [-0.05, 0) is 31.5 Å². The van der Waals surface area contributed by atoms with Crippen LogP contribution in [-0.4, -0.2) is 27.0 Å². The molecule has 1 aromatic carbocycles. The Balaban J connectivity index is 1.92. The van der Waals surface area contributed by atoms with Gasteiger partial charge < -0.3 is 10.6 Å². The summed E-state index contributed by atoms with van der Waals surface area (Å²) in [6, 6.07) is 8.48. The quantitative estimate of drug-likeness (QED) is 0.662. The molecule has 1 atom stereocenters. The van der Waals surface area contributed by atoms with Gasteiger partial charge in [0.15, 0.2) is 0 Å². The second-order valence-corrected chi connectivity index (χ2v) is 3.81. The third kappa shape index (κ3) is 2.52. The molecule has 1 fully saturated rings. The van der Waals surface area contributed by atoms with Crippen LogP contribution in [0, 0.1) is 0 Å². The average molecular weight is 186 g/mol. The van der Waals surface area contributed by atoms with Crippen LogP contribution in [0.4, 0.5) is 5.69 Å². The monoisotopic (exact) mass is 186 g/mol. The Morgan fingerprint density at radius 3 is 2.71 bits per heavy atom. The van der Waals surface area contributed by atoms with Crippen molar-refractivity contribution < 1.29 is 0 Å². The smallest absolute Gasteiger partial charge is 0.113 e. The van der Waals surface area contributed by atoms with E-state index in [-0.39, 0.29) is 0 Å². The first kappa shape index (κ1) is 9.59. The molecule has 1 unspecified atom stereocenters. The lowest BCUT2D eigenvalue weighted by molar-refractivity contribution is 0.480. The lowest BCUT2D eigenvalue weighted by Crippen LogP contribution is -2.38. The number of nitrogens with one attached hydrogen (secondary N) is 2. The van der Waals surface area contributed by atoms with Crippen LogP contribution >= 0.6 is 0 Å². The minimum atomic E-state index is 0.562. The summed E-state index contributed by atoms with van der Waals surface area (Å²) in [7, 11) is 5.62. The van der Waals surface area contributed by atoms with Crippen LogP contribution in [0.3, 0.4) is 0 Å². The molecule has 2 nitrogen and oxygen atoms in total. The third-order valence-corrected chi connectivity index (χ3v) is 2.58. The highest BCUT2D eigenvalue weighted by Crippen LogP contribution is 2.10. The molecule has 0 aliphatic carbocycles. The molecule has 72 valence electrons. The van der Waals surface area contributed by atoms with Gasteiger partial charge in [-0.2, -0.15) is 0 Å². The summed E-state index contributed by atoms with van der Waals surface area (Å²) < 4.78 is 0. The van der Waals surface area contributed by atoms with Crippen LogP contribution in [0.25, 0.3) is 0 Å². The zero-order chi connectivity index (χ0) is 9.80. The molecule has 0 amide bonds. The van der Waals surface area contributed by atoms with Gasteiger partial charge in [-0.3, -0.25) is 0 Å². The Kier molecular flexibility index (Phi) is 3.09. The Morgan fingerprint density at radius 1 is 1.29 bits per heavy atom. The maximum absolute atomic E-state index is 5.62. The predicted molar refractivity (Wildman–Crippen MR) is 61.3 cm³/mol. The zero-order valence-electron chi connectivity index (χ0n) is 8.29. The number of piperidine rings is 1. The summed E-state index contributed by atoms with van der Waals surface area (Å²) in [5, 5.41) is 6.87. The molecule has 1 aliphatic rings. The minimum absolute atomic E-state index is 0.562. The Morgan fingerprint density at radius 2 is 2.07 bits per heavy atom. The molecule has 1 heterocycles.